The molecular weight excluding hydrogens is 1030 g/mol. The number of hydrogen-bond donors (Lipinski definition) is 2. The van der Waals surface area contributed by atoms with Crippen LogP contribution in [-0.2, 0) is 18.4 Å². The molecule has 0 saturated carbocycles. The van der Waals surface area contributed by atoms with Crippen molar-refractivity contribution in [2.45, 2.75) is 309 Å². The lowest BCUT2D eigenvalue weighted by atomic mass is 10.0. The molecule has 1 amide bonds. The lowest BCUT2D eigenvalue weighted by molar-refractivity contribution is -0.870. The molecule has 8 nitrogen and oxygen atoms in total. The normalized spacial score (nSPS) is 14.4. The Bertz CT molecular complexity index is 1700. The van der Waals surface area contributed by atoms with Crippen molar-refractivity contribution in [1.29, 1.82) is 0 Å². The molecule has 0 aromatic rings. The van der Waals surface area contributed by atoms with E-state index in [1.54, 1.807) is 6.08 Å². The highest BCUT2D eigenvalue weighted by Gasteiger charge is 2.23. The van der Waals surface area contributed by atoms with Gasteiger partial charge in [0.2, 0.25) is 5.91 Å². The Hall–Kier alpha value is -2.84. The minimum Gasteiger partial charge on any atom is -0.756 e. The van der Waals surface area contributed by atoms with Crippen LogP contribution in [0.1, 0.15) is 296 Å². The molecule has 0 bridgehead atoms. The summed E-state index contributed by atoms with van der Waals surface area (Å²) in [5.74, 6) is -0.207. The monoisotopic (exact) mass is 1160 g/mol. The van der Waals surface area contributed by atoms with Gasteiger partial charge in [-0.3, -0.25) is 9.36 Å². The smallest absolute Gasteiger partial charge is 0.268 e. The van der Waals surface area contributed by atoms with E-state index in [1.807, 2.05) is 27.2 Å². The minimum atomic E-state index is -4.61. The number of carbonyl (C=O) groups is 1. The number of allylic oxidation sites excluding steroid dienone is 17. The molecule has 0 aliphatic heterocycles. The number of amides is 1. The van der Waals surface area contributed by atoms with Crippen LogP contribution in [0.15, 0.2) is 109 Å². The van der Waals surface area contributed by atoms with E-state index < -0.39 is 26.6 Å². The van der Waals surface area contributed by atoms with Crippen LogP contribution in [0, 0.1) is 0 Å². The van der Waals surface area contributed by atoms with Crippen molar-refractivity contribution in [3.63, 3.8) is 0 Å². The zero-order valence-corrected chi connectivity index (χ0v) is 55.1. The fraction of sp³-hybridized carbons (Fsp3) is 0.740. The number of aliphatic hydroxyl groups is 1. The van der Waals surface area contributed by atoms with Crippen molar-refractivity contribution < 1.29 is 32.9 Å². The second-order valence-electron chi connectivity index (χ2n) is 24.1. The van der Waals surface area contributed by atoms with Gasteiger partial charge in [0.1, 0.15) is 13.2 Å². The maximum absolute atomic E-state index is 13.0. The largest absolute Gasteiger partial charge is 0.756 e. The zero-order valence-electron chi connectivity index (χ0n) is 54.2. The summed E-state index contributed by atoms with van der Waals surface area (Å²) in [6.45, 7) is 4.54. The predicted octanol–water partition coefficient (Wildman–Crippen LogP) is 21.2. The third kappa shape index (κ3) is 64.7. The first-order valence-electron chi connectivity index (χ1n) is 34.2. The van der Waals surface area contributed by atoms with Crippen molar-refractivity contribution >= 4 is 13.7 Å². The third-order valence-corrected chi connectivity index (χ3v) is 15.9. The molecule has 0 heterocycles. The van der Waals surface area contributed by atoms with Crippen LogP contribution in [0.4, 0.5) is 0 Å². The predicted molar refractivity (Wildman–Crippen MR) is 357 cm³/mol. The number of likely N-dealkylation sites (N-methyl/N-ethyl adjacent to an activating group) is 1. The summed E-state index contributed by atoms with van der Waals surface area (Å²) in [4.78, 5) is 25.6. The lowest BCUT2D eigenvalue weighted by Crippen LogP contribution is -2.45. The van der Waals surface area contributed by atoms with Gasteiger partial charge < -0.3 is 28.8 Å². The molecule has 0 saturated heterocycles. The molecule has 3 unspecified atom stereocenters. The first-order valence-corrected chi connectivity index (χ1v) is 35.7. The fourth-order valence-electron chi connectivity index (χ4n) is 9.68. The number of unbranched alkanes of at least 4 members (excludes halogenated alkanes) is 33. The average molecular weight is 1160 g/mol. The number of nitrogens with zero attached hydrogens (tertiary/aromatic N) is 1. The molecule has 2 N–H and O–H groups in total. The number of carbonyl (C=O) groups excluding carboxylic acids is 1. The highest BCUT2D eigenvalue weighted by atomic mass is 31.2. The topological polar surface area (TPSA) is 108 Å². The summed E-state index contributed by atoms with van der Waals surface area (Å²) in [5, 5.41) is 13.9. The molecule has 0 aliphatic carbocycles. The summed E-state index contributed by atoms with van der Waals surface area (Å²) in [6.07, 6.45) is 92.0. The standard InChI is InChI=1S/C73H131N2O6P/c1-6-8-10-12-14-16-18-20-22-24-26-28-29-30-31-32-33-34-35-36-37-38-39-40-41-42-43-44-45-47-49-51-53-55-57-59-61-63-65-67-73(77)74-71(70-81-82(78,79)80-69-68-75(3,4)5)72(76)66-64-62-60-58-56-54-52-50-48-46-27-25-23-21-19-17-15-13-11-9-7-2/h8,10,14,16,20,22,26,28,30-31,33-34,36-37,56,58,64,66,71-72,76H,6-7,9,11-13,15,17-19,21,23-25,27,29,32,35,38-55,57,59-63,65,67-70H2,1-5H3,(H-,74,77,78,79)/b10-8-,16-14-,22-20-,28-26-,31-30-,34-33-,37-36-,58-56+,66-64+. The molecule has 0 aromatic carbocycles. The van der Waals surface area contributed by atoms with Crippen LogP contribution in [0.2, 0.25) is 0 Å². The Morgan fingerprint density at radius 2 is 0.756 bits per heavy atom. The summed E-state index contributed by atoms with van der Waals surface area (Å²) in [6, 6.07) is -0.909. The van der Waals surface area contributed by atoms with Crippen molar-refractivity contribution in [3.8, 4) is 0 Å². The maximum Gasteiger partial charge on any atom is 0.268 e. The molecule has 474 valence electrons. The van der Waals surface area contributed by atoms with E-state index in [-0.39, 0.29) is 12.5 Å². The van der Waals surface area contributed by atoms with Gasteiger partial charge in [-0.2, -0.15) is 0 Å². The number of nitrogens with one attached hydrogen (secondary N) is 1. The average Bonchev–Trinajstić information content (AvgIpc) is 3.46. The van der Waals surface area contributed by atoms with Gasteiger partial charge in [-0.05, 0) is 89.9 Å². The Morgan fingerprint density at radius 1 is 0.439 bits per heavy atom. The molecule has 3 atom stereocenters. The van der Waals surface area contributed by atoms with Crippen LogP contribution in [0.5, 0.6) is 0 Å². The van der Waals surface area contributed by atoms with E-state index in [0.29, 0.717) is 17.4 Å². The number of phosphoric ester groups is 1. The molecule has 0 radical (unpaired) electrons. The minimum absolute atomic E-state index is 0.00886. The van der Waals surface area contributed by atoms with Crippen molar-refractivity contribution in [3.05, 3.63) is 109 Å². The van der Waals surface area contributed by atoms with E-state index in [2.05, 4.69) is 116 Å². The van der Waals surface area contributed by atoms with Crippen LogP contribution in [0.25, 0.3) is 0 Å². The van der Waals surface area contributed by atoms with Crippen LogP contribution < -0.4 is 10.2 Å². The van der Waals surface area contributed by atoms with Gasteiger partial charge in [-0.15, -0.1) is 0 Å². The molecule has 0 spiro atoms. The molecular formula is C73H131N2O6P. The Morgan fingerprint density at radius 3 is 1.13 bits per heavy atom. The van der Waals surface area contributed by atoms with Crippen LogP contribution in [-0.4, -0.2) is 68.5 Å². The first kappa shape index (κ1) is 79.2. The molecule has 0 fully saturated rings. The van der Waals surface area contributed by atoms with Gasteiger partial charge >= 0.3 is 0 Å². The molecule has 82 heavy (non-hydrogen) atoms. The lowest BCUT2D eigenvalue weighted by Gasteiger charge is -2.29. The Kier molecular flexibility index (Phi) is 60.5. The maximum atomic E-state index is 13.0. The van der Waals surface area contributed by atoms with E-state index in [4.69, 9.17) is 9.05 Å². The highest BCUT2D eigenvalue weighted by molar-refractivity contribution is 7.45. The van der Waals surface area contributed by atoms with E-state index in [0.717, 1.165) is 83.5 Å². The number of hydrogen-bond acceptors (Lipinski definition) is 6. The fourth-order valence-corrected chi connectivity index (χ4v) is 10.4. The van der Waals surface area contributed by atoms with E-state index >= 15 is 0 Å². The molecule has 0 rings (SSSR count). The van der Waals surface area contributed by atoms with Gasteiger partial charge in [0.05, 0.1) is 39.9 Å². The number of quaternary nitrogens is 1. The van der Waals surface area contributed by atoms with Gasteiger partial charge in [-0.25, -0.2) is 0 Å². The SMILES string of the molecule is CC/C=C\C/C=C\C/C=C\C/C=C\C/C=C\C/C=C\C/C=C\CCCCCCCCCCCCCCCCCCCC(=O)NC(COP(=O)([O-])OCC[N+](C)(C)C)C(O)/C=C/CC/C=C/CCCCCCCCCCCCCCCCC. The quantitative estimate of drug-likeness (QED) is 0.0272. The van der Waals surface area contributed by atoms with E-state index in [9.17, 15) is 19.4 Å². The molecule has 0 aliphatic rings. The van der Waals surface area contributed by atoms with E-state index in [1.165, 1.54) is 193 Å². The van der Waals surface area contributed by atoms with Gasteiger partial charge in [-0.1, -0.05) is 309 Å². The van der Waals surface area contributed by atoms with Crippen LogP contribution in [0.3, 0.4) is 0 Å². The number of rotatable bonds is 62. The van der Waals surface area contributed by atoms with Gasteiger partial charge in [0.25, 0.3) is 7.82 Å². The zero-order chi connectivity index (χ0) is 59.8. The molecule has 0 aromatic heterocycles. The third-order valence-electron chi connectivity index (χ3n) is 15.0. The first-order chi connectivity index (χ1) is 40.0. The van der Waals surface area contributed by atoms with Crippen LogP contribution >= 0.6 is 7.82 Å². The summed E-state index contributed by atoms with van der Waals surface area (Å²) < 4.78 is 23.4. The highest BCUT2D eigenvalue weighted by Crippen LogP contribution is 2.38. The van der Waals surface area contributed by atoms with Crippen molar-refractivity contribution in [2.24, 2.45) is 0 Å². The Balaban J connectivity index is 4.06. The Labute approximate surface area is 508 Å². The second-order valence-corrected chi connectivity index (χ2v) is 25.6. The number of phosphoric acid groups is 1. The van der Waals surface area contributed by atoms with Crippen molar-refractivity contribution in [2.75, 3.05) is 40.9 Å². The summed E-state index contributed by atoms with van der Waals surface area (Å²) in [7, 11) is 1.24. The summed E-state index contributed by atoms with van der Waals surface area (Å²) in [5.41, 5.74) is 0. The van der Waals surface area contributed by atoms with Gasteiger partial charge in [0.15, 0.2) is 0 Å². The summed E-state index contributed by atoms with van der Waals surface area (Å²) >= 11 is 0. The number of aliphatic hydroxyl groups excluding tert-OH is 1. The van der Waals surface area contributed by atoms with Crippen molar-refractivity contribution in [1.82, 2.24) is 5.32 Å². The second kappa shape index (κ2) is 62.7. The van der Waals surface area contributed by atoms with Gasteiger partial charge in [0, 0.05) is 6.42 Å². The molecule has 9 heteroatoms.